The average molecular weight is 378 g/mol. The average Bonchev–Trinajstić information content (AvgIpc) is 2.64. The van der Waals surface area contributed by atoms with Crippen LogP contribution in [0.25, 0.3) is 21.9 Å². The van der Waals surface area contributed by atoms with E-state index in [1.807, 2.05) is 32.0 Å². The number of hydrogen-bond donors (Lipinski definition) is 1. The third-order valence-corrected chi connectivity index (χ3v) is 5.01. The zero-order chi connectivity index (χ0) is 19.1. The second kappa shape index (κ2) is 6.56. The van der Waals surface area contributed by atoms with E-state index >= 15 is 0 Å². The molecule has 0 radical (unpaired) electrons. The molecule has 0 aliphatic heterocycles. The highest BCUT2D eigenvalue weighted by Gasteiger charge is 2.12. The van der Waals surface area contributed by atoms with E-state index in [0.29, 0.717) is 38.2 Å². The van der Waals surface area contributed by atoms with Gasteiger partial charge in [-0.05, 0) is 55.3 Å². The molecule has 0 saturated heterocycles. The summed E-state index contributed by atoms with van der Waals surface area (Å²) < 4.78 is 5.90. The zero-order valence-corrected chi connectivity index (χ0v) is 15.6. The predicted octanol–water partition coefficient (Wildman–Crippen LogP) is 5.47. The highest BCUT2D eigenvalue weighted by Crippen LogP contribution is 2.26. The van der Waals surface area contributed by atoms with E-state index in [9.17, 15) is 9.59 Å². The lowest BCUT2D eigenvalue weighted by molar-refractivity contribution is 0.102. The van der Waals surface area contributed by atoms with E-state index in [1.165, 1.54) is 0 Å². The molecule has 27 heavy (non-hydrogen) atoms. The molecule has 1 amide bonds. The van der Waals surface area contributed by atoms with Crippen LogP contribution in [0.15, 0.2) is 63.8 Å². The molecule has 0 unspecified atom stereocenters. The summed E-state index contributed by atoms with van der Waals surface area (Å²) in [5.41, 5.74) is 3.61. The van der Waals surface area contributed by atoms with Crippen molar-refractivity contribution in [2.75, 3.05) is 5.32 Å². The van der Waals surface area contributed by atoms with E-state index in [-0.39, 0.29) is 11.3 Å². The largest absolute Gasteiger partial charge is 0.456 e. The molecule has 0 spiro atoms. The van der Waals surface area contributed by atoms with Crippen LogP contribution >= 0.6 is 11.6 Å². The van der Waals surface area contributed by atoms with Gasteiger partial charge in [0.25, 0.3) is 5.91 Å². The normalized spacial score (nSPS) is 11.1. The van der Waals surface area contributed by atoms with Gasteiger partial charge in [-0.3, -0.25) is 9.59 Å². The topological polar surface area (TPSA) is 59.3 Å². The third kappa shape index (κ3) is 3.09. The summed E-state index contributed by atoms with van der Waals surface area (Å²) in [6.07, 6.45) is 0. The quantitative estimate of drug-likeness (QED) is 0.471. The fraction of sp³-hybridized carbons (Fsp3) is 0.0909. The Hall–Kier alpha value is -3.11. The molecule has 5 heteroatoms. The first-order valence-electron chi connectivity index (χ1n) is 8.48. The molecule has 4 nitrogen and oxygen atoms in total. The van der Waals surface area contributed by atoms with Crippen molar-refractivity contribution >= 4 is 45.1 Å². The van der Waals surface area contributed by atoms with Gasteiger partial charge in [0, 0.05) is 22.3 Å². The molecule has 1 heterocycles. The predicted molar refractivity (Wildman–Crippen MR) is 109 cm³/mol. The Morgan fingerprint density at radius 1 is 0.926 bits per heavy atom. The lowest BCUT2D eigenvalue weighted by Crippen LogP contribution is -2.13. The molecule has 4 aromatic rings. The molecule has 0 aliphatic rings. The number of benzene rings is 3. The summed E-state index contributed by atoms with van der Waals surface area (Å²) >= 11 is 6.14. The number of aryl methyl sites for hydroxylation is 2. The van der Waals surface area contributed by atoms with E-state index < -0.39 is 0 Å². The van der Waals surface area contributed by atoms with Gasteiger partial charge < -0.3 is 9.73 Å². The minimum Gasteiger partial charge on any atom is -0.456 e. The van der Waals surface area contributed by atoms with Crippen molar-refractivity contribution in [3.8, 4) is 0 Å². The minimum atomic E-state index is -0.210. The number of fused-ring (bicyclic) bond motifs is 2. The van der Waals surface area contributed by atoms with Crippen LogP contribution in [0.2, 0.25) is 5.02 Å². The van der Waals surface area contributed by atoms with Crippen LogP contribution in [0.4, 0.5) is 5.69 Å². The van der Waals surface area contributed by atoms with Crippen LogP contribution in [0, 0.1) is 13.8 Å². The maximum absolute atomic E-state index is 12.7. The van der Waals surface area contributed by atoms with E-state index in [4.69, 9.17) is 16.0 Å². The summed E-state index contributed by atoms with van der Waals surface area (Å²) in [5, 5.41) is 4.26. The number of anilines is 1. The van der Waals surface area contributed by atoms with Gasteiger partial charge in [0.15, 0.2) is 0 Å². The first-order valence-corrected chi connectivity index (χ1v) is 8.85. The standard InChI is InChI=1S/C22H16ClNO3/c1-12-5-3-4-6-15(12)22(26)24-14-7-8-16-20(10-14)27-19-9-13(2)18(23)11-17(19)21(16)25/h3-11H,1-2H3,(H,24,26). The molecule has 3 aromatic carbocycles. The Morgan fingerprint density at radius 3 is 2.44 bits per heavy atom. The van der Waals surface area contributed by atoms with Crippen molar-refractivity contribution in [3.05, 3.63) is 86.5 Å². The van der Waals surface area contributed by atoms with Crippen LogP contribution < -0.4 is 10.7 Å². The third-order valence-electron chi connectivity index (χ3n) is 4.60. The molecule has 4 rings (SSSR count). The maximum Gasteiger partial charge on any atom is 0.255 e. The van der Waals surface area contributed by atoms with Gasteiger partial charge in [0.05, 0.1) is 10.8 Å². The van der Waals surface area contributed by atoms with Crippen molar-refractivity contribution in [1.29, 1.82) is 0 Å². The van der Waals surface area contributed by atoms with Crippen LogP contribution in [-0.4, -0.2) is 5.91 Å². The number of halogens is 1. The monoisotopic (exact) mass is 377 g/mol. The Morgan fingerprint density at radius 2 is 1.67 bits per heavy atom. The zero-order valence-electron chi connectivity index (χ0n) is 14.8. The molecule has 0 atom stereocenters. The summed E-state index contributed by atoms with van der Waals surface area (Å²) in [4.78, 5) is 25.3. The Kier molecular flexibility index (Phi) is 4.21. The van der Waals surface area contributed by atoms with Gasteiger partial charge in [-0.15, -0.1) is 0 Å². The second-order valence-electron chi connectivity index (χ2n) is 6.51. The van der Waals surface area contributed by atoms with Gasteiger partial charge in [0.2, 0.25) is 5.43 Å². The van der Waals surface area contributed by atoms with Crippen LogP contribution in [-0.2, 0) is 0 Å². The minimum absolute atomic E-state index is 0.148. The van der Waals surface area contributed by atoms with Crippen molar-refractivity contribution in [1.82, 2.24) is 0 Å². The number of carbonyl (C=O) groups excluding carboxylic acids is 1. The first-order chi connectivity index (χ1) is 12.9. The number of rotatable bonds is 2. The van der Waals surface area contributed by atoms with Crippen LogP contribution in [0.5, 0.6) is 0 Å². The fourth-order valence-corrected chi connectivity index (χ4v) is 3.24. The summed E-state index contributed by atoms with van der Waals surface area (Å²) in [6.45, 7) is 3.73. The first kappa shape index (κ1) is 17.3. The molecule has 134 valence electrons. The van der Waals surface area contributed by atoms with Gasteiger partial charge in [-0.1, -0.05) is 29.8 Å². The van der Waals surface area contributed by atoms with E-state index in [0.717, 1.165) is 11.1 Å². The van der Waals surface area contributed by atoms with Crippen molar-refractivity contribution in [3.63, 3.8) is 0 Å². The molecule has 0 bridgehead atoms. The Bertz CT molecular complexity index is 1270. The SMILES string of the molecule is Cc1cc2oc3cc(NC(=O)c4ccccc4C)ccc3c(=O)c2cc1Cl. The number of hydrogen-bond acceptors (Lipinski definition) is 3. The number of amides is 1. The van der Waals surface area contributed by atoms with E-state index in [1.54, 1.807) is 36.4 Å². The number of carbonyl (C=O) groups is 1. The Balaban J connectivity index is 1.79. The van der Waals surface area contributed by atoms with Crippen molar-refractivity contribution in [2.24, 2.45) is 0 Å². The van der Waals surface area contributed by atoms with Gasteiger partial charge in [-0.25, -0.2) is 0 Å². The summed E-state index contributed by atoms with van der Waals surface area (Å²) in [7, 11) is 0. The summed E-state index contributed by atoms with van der Waals surface area (Å²) in [5.74, 6) is -0.210. The highest BCUT2D eigenvalue weighted by molar-refractivity contribution is 6.32. The molecule has 1 N–H and O–H groups in total. The molecular formula is C22H16ClNO3. The Labute approximate surface area is 160 Å². The molecule has 0 saturated carbocycles. The lowest BCUT2D eigenvalue weighted by Gasteiger charge is -2.09. The maximum atomic E-state index is 12.7. The van der Waals surface area contributed by atoms with Crippen LogP contribution in [0.3, 0.4) is 0 Å². The van der Waals surface area contributed by atoms with Gasteiger partial charge in [0.1, 0.15) is 11.2 Å². The molecule has 0 aliphatic carbocycles. The summed E-state index contributed by atoms with van der Waals surface area (Å²) in [6, 6.07) is 15.7. The van der Waals surface area contributed by atoms with E-state index in [2.05, 4.69) is 5.32 Å². The van der Waals surface area contributed by atoms with Crippen molar-refractivity contribution < 1.29 is 9.21 Å². The number of nitrogens with one attached hydrogen (secondary N) is 1. The highest BCUT2D eigenvalue weighted by atomic mass is 35.5. The molecular weight excluding hydrogens is 362 g/mol. The van der Waals surface area contributed by atoms with Gasteiger partial charge >= 0.3 is 0 Å². The second-order valence-corrected chi connectivity index (χ2v) is 6.92. The van der Waals surface area contributed by atoms with Crippen LogP contribution in [0.1, 0.15) is 21.5 Å². The smallest absolute Gasteiger partial charge is 0.255 e. The lowest BCUT2D eigenvalue weighted by atomic mass is 10.1. The fourth-order valence-electron chi connectivity index (χ4n) is 3.08. The molecule has 0 fully saturated rings. The van der Waals surface area contributed by atoms with Crippen molar-refractivity contribution in [2.45, 2.75) is 13.8 Å². The van der Waals surface area contributed by atoms with Gasteiger partial charge in [-0.2, -0.15) is 0 Å². The molecule has 1 aromatic heterocycles.